The molecule has 0 aromatic carbocycles. The molecule has 100 valence electrons. The molecule has 0 amide bonds. The number of hydrogen-bond donors (Lipinski definition) is 0. The number of rotatable bonds is 3. The molecule has 3 aromatic heterocycles. The average Bonchev–Trinajstić information content (AvgIpc) is 2.95. The summed E-state index contributed by atoms with van der Waals surface area (Å²) in [5.74, 6) is 0. The van der Waals surface area contributed by atoms with Crippen molar-refractivity contribution >= 4 is 28.4 Å². The van der Waals surface area contributed by atoms with Crippen molar-refractivity contribution in [2.45, 2.75) is 13.3 Å². The van der Waals surface area contributed by atoms with Crippen LogP contribution in [0.4, 0.5) is 0 Å². The molecule has 0 bridgehead atoms. The smallest absolute Gasteiger partial charge is 0.262 e. The number of hydrogen-bond acceptors (Lipinski definition) is 4. The fraction of sp³-hybridized carbons (Fsp3) is 0.133. The third kappa shape index (κ3) is 2.28. The molecule has 0 spiro atoms. The first-order chi connectivity index (χ1) is 9.79. The highest BCUT2D eigenvalue weighted by atomic mass is 32.1. The molecular weight excluding hydrogens is 270 g/mol. The van der Waals surface area contributed by atoms with E-state index in [4.69, 9.17) is 0 Å². The van der Waals surface area contributed by atoms with Gasteiger partial charge in [-0.05, 0) is 30.2 Å². The lowest BCUT2D eigenvalue weighted by Crippen LogP contribution is -2.19. The van der Waals surface area contributed by atoms with Gasteiger partial charge in [-0.3, -0.25) is 14.2 Å². The van der Waals surface area contributed by atoms with Crippen molar-refractivity contribution < 1.29 is 0 Å². The minimum absolute atomic E-state index is 0.0214. The van der Waals surface area contributed by atoms with E-state index in [1.807, 2.05) is 36.6 Å². The van der Waals surface area contributed by atoms with E-state index < -0.39 is 0 Å². The molecule has 0 unspecified atom stereocenters. The molecule has 0 saturated heterocycles. The van der Waals surface area contributed by atoms with Gasteiger partial charge in [-0.2, -0.15) is 0 Å². The van der Waals surface area contributed by atoms with Crippen LogP contribution in [-0.4, -0.2) is 14.4 Å². The zero-order valence-corrected chi connectivity index (χ0v) is 11.8. The molecule has 3 heterocycles. The number of thiazole rings is 1. The minimum atomic E-state index is 0.0214. The summed E-state index contributed by atoms with van der Waals surface area (Å²) in [7, 11) is 0. The van der Waals surface area contributed by atoms with Crippen molar-refractivity contribution in [3.63, 3.8) is 0 Å². The van der Waals surface area contributed by atoms with Crippen LogP contribution in [-0.2, 0) is 6.42 Å². The summed E-state index contributed by atoms with van der Waals surface area (Å²) in [5.41, 5.74) is 2.55. The molecule has 0 N–H and O–H groups in total. The molecule has 5 heteroatoms. The van der Waals surface area contributed by atoms with Gasteiger partial charge in [-0.25, -0.2) is 4.98 Å². The van der Waals surface area contributed by atoms with Crippen molar-refractivity contribution in [3.05, 3.63) is 63.3 Å². The van der Waals surface area contributed by atoms with Crippen molar-refractivity contribution in [2.24, 2.45) is 0 Å². The molecule has 0 aliphatic carbocycles. The van der Waals surface area contributed by atoms with Crippen LogP contribution in [0.3, 0.4) is 0 Å². The van der Waals surface area contributed by atoms with Crippen molar-refractivity contribution in [1.82, 2.24) is 14.4 Å². The van der Waals surface area contributed by atoms with Gasteiger partial charge in [0.1, 0.15) is 0 Å². The summed E-state index contributed by atoms with van der Waals surface area (Å²) in [6, 6.07) is 3.83. The maximum Gasteiger partial charge on any atom is 0.262 e. The third-order valence-corrected chi connectivity index (χ3v) is 3.84. The summed E-state index contributed by atoms with van der Waals surface area (Å²) in [6.45, 7) is 1.97. The lowest BCUT2D eigenvalue weighted by atomic mass is 10.1. The van der Waals surface area contributed by atoms with E-state index >= 15 is 0 Å². The Morgan fingerprint density at radius 3 is 2.85 bits per heavy atom. The van der Waals surface area contributed by atoms with Crippen LogP contribution in [0.25, 0.3) is 17.1 Å². The van der Waals surface area contributed by atoms with E-state index in [0.717, 1.165) is 21.8 Å². The molecule has 0 aliphatic rings. The number of fused-ring (bicyclic) bond motifs is 1. The van der Waals surface area contributed by atoms with Crippen LogP contribution in [0.15, 0.2) is 40.9 Å². The summed E-state index contributed by atoms with van der Waals surface area (Å²) < 4.78 is 1.60. The summed E-state index contributed by atoms with van der Waals surface area (Å²) in [6.07, 6.45) is 9.77. The highest BCUT2D eigenvalue weighted by Gasteiger charge is 2.09. The van der Waals surface area contributed by atoms with Gasteiger partial charge in [0.25, 0.3) is 5.56 Å². The minimum Gasteiger partial charge on any atom is -0.269 e. The molecule has 0 radical (unpaired) electrons. The molecule has 0 fully saturated rings. The summed E-state index contributed by atoms with van der Waals surface area (Å²) >= 11 is 1.46. The monoisotopic (exact) mass is 283 g/mol. The van der Waals surface area contributed by atoms with Gasteiger partial charge < -0.3 is 0 Å². The van der Waals surface area contributed by atoms with Crippen LogP contribution in [0, 0.1) is 0 Å². The fourth-order valence-electron chi connectivity index (χ4n) is 2.05. The zero-order chi connectivity index (χ0) is 13.9. The number of pyridine rings is 1. The van der Waals surface area contributed by atoms with Crippen LogP contribution in [0.1, 0.15) is 23.7 Å². The zero-order valence-electron chi connectivity index (χ0n) is 11.0. The lowest BCUT2D eigenvalue weighted by Gasteiger charge is -2.03. The van der Waals surface area contributed by atoms with Crippen molar-refractivity contribution in [1.29, 1.82) is 0 Å². The Labute approximate surface area is 120 Å². The third-order valence-electron chi connectivity index (χ3n) is 3.09. The Morgan fingerprint density at radius 2 is 2.10 bits per heavy atom. The van der Waals surface area contributed by atoms with Crippen LogP contribution < -0.4 is 5.56 Å². The van der Waals surface area contributed by atoms with E-state index in [-0.39, 0.29) is 5.56 Å². The van der Waals surface area contributed by atoms with Crippen LogP contribution in [0.5, 0.6) is 0 Å². The molecular formula is C15H13N3OS. The average molecular weight is 283 g/mol. The fourth-order valence-corrected chi connectivity index (χ4v) is 2.77. The molecule has 0 aliphatic heterocycles. The van der Waals surface area contributed by atoms with Crippen molar-refractivity contribution in [2.75, 3.05) is 0 Å². The first kappa shape index (κ1) is 12.7. The molecule has 20 heavy (non-hydrogen) atoms. The highest BCUT2D eigenvalue weighted by Crippen LogP contribution is 2.13. The van der Waals surface area contributed by atoms with E-state index in [9.17, 15) is 4.79 Å². The molecule has 3 aromatic rings. The van der Waals surface area contributed by atoms with Gasteiger partial charge in [0.05, 0.1) is 5.69 Å². The second-order valence-corrected chi connectivity index (χ2v) is 5.18. The first-order valence-corrected chi connectivity index (χ1v) is 7.24. The van der Waals surface area contributed by atoms with Gasteiger partial charge in [-0.15, -0.1) is 11.3 Å². The summed E-state index contributed by atoms with van der Waals surface area (Å²) in [5, 5.41) is 1.87. The van der Waals surface area contributed by atoms with E-state index in [0.29, 0.717) is 6.42 Å². The quantitative estimate of drug-likeness (QED) is 0.742. The Balaban J connectivity index is 2.11. The van der Waals surface area contributed by atoms with Crippen LogP contribution in [0.2, 0.25) is 0 Å². The second-order valence-electron chi connectivity index (χ2n) is 4.30. The van der Waals surface area contributed by atoms with E-state index in [1.165, 1.54) is 11.3 Å². The predicted molar refractivity (Wildman–Crippen MR) is 81.9 cm³/mol. The molecule has 0 saturated carbocycles. The maximum atomic E-state index is 12.3. The molecule has 3 rings (SSSR count). The normalized spacial score (nSPS) is 11.4. The predicted octanol–water partition coefficient (Wildman–Crippen LogP) is 2.88. The van der Waals surface area contributed by atoms with E-state index in [1.54, 1.807) is 23.0 Å². The highest BCUT2D eigenvalue weighted by molar-refractivity contribution is 7.15. The van der Waals surface area contributed by atoms with Gasteiger partial charge in [0.2, 0.25) is 0 Å². The van der Waals surface area contributed by atoms with Crippen LogP contribution >= 0.6 is 11.3 Å². The van der Waals surface area contributed by atoms with Gasteiger partial charge in [-0.1, -0.05) is 13.0 Å². The number of nitrogens with zero attached hydrogens (tertiary/aromatic N) is 3. The van der Waals surface area contributed by atoms with Crippen molar-refractivity contribution in [3.8, 4) is 0 Å². The maximum absolute atomic E-state index is 12.3. The first-order valence-electron chi connectivity index (χ1n) is 6.36. The molecule has 0 atom stereocenters. The van der Waals surface area contributed by atoms with Gasteiger partial charge >= 0.3 is 0 Å². The van der Waals surface area contributed by atoms with Gasteiger partial charge in [0.15, 0.2) is 4.96 Å². The Kier molecular flexibility index (Phi) is 3.43. The SMILES string of the molecule is CCc1c(/C=C/c2ccncc2)nc2sccn2c1=O. The Bertz CT molecular complexity index is 818. The second kappa shape index (κ2) is 5.38. The lowest BCUT2D eigenvalue weighted by molar-refractivity contribution is 0.976. The summed E-state index contributed by atoms with van der Waals surface area (Å²) in [4.78, 5) is 21.6. The topological polar surface area (TPSA) is 47.3 Å². The van der Waals surface area contributed by atoms with Gasteiger partial charge in [0, 0.05) is 29.5 Å². The van der Waals surface area contributed by atoms with E-state index in [2.05, 4.69) is 9.97 Å². The Hall–Kier alpha value is -2.27. The molecule has 4 nitrogen and oxygen atoms in total. The standard InChI is InChI=1S/C15H13N3OS/c1-2-12-13(4-3-11-5-7-16-8-6-11)17-15-18(14(12)19)9-10-20-15/h3-10H,2H2,1H3/b4-3+. The largest absolute Gasteiger partial charge is 0.269 e. The number of aromatic nitrogens is 3. The Morgan fingerprint density at radius 1 is 1.30 bits per heavy atom.